The summed E-state index contributed by atoms with van der Waals surface area (Å²) in [4.78, 5) is 0. The van der Waals surface area contributed by atoms with Gasteiger partial charge < -0.3 is 19.7 Å². The molecule has 4 nitrogen and oxygen atoms in total. The minimum absolute atomic E-state index is 0.305. The van der Waals surface area contributed by atoms with Gasteiger partial charge in [-0.05, 0) is 37.5 Å². The lowest BCUT2D eigenvalue weighted by Gasteiger charge is -2.31. The maximum atomic E-state index is 10.5. The number of aliphatic hydroxyl groups is 2. The third-order valence-corrected chi connectivity index (χ3v) is 6.51. The van der Waals surface area contributed by atoms with Crippen LogP contribution in [-0.4, -0.2) is 41.9 Å². The van der Waals surface area contributed by atoms with Crippen LogP contribution in [0.1, 0.15) is 84.5 Å². The van der Waals surface area contributed by atoms with Gasteiger partial charge in [0.15, 0.2) is 5.79 Å². The molecule has 0 aromatic heterocycles. The number of rotatable bonds is 13. The number of hydrogen-bond donors (Lipinski definition) is 2. The van der Waals surface area contributed by atoms with Crippen molar-refractivity contribution in [3.63, 3.8) is 0 Å². The van der Waals surface area contributed by atoms with E-state index >= 15 is 0 Å². The van der Waals surface area contributed by atoms with Gasteiger partial charge in [0.25, 0.3) is 0 Å². The van der Waals surface area contributed by atoms with E-state index in [2.05, 4.69) is 19.9 Å². The molecule has 0 aromatic rings. The Morgan fingerprint density at radius 3 is 2.48 bits per heavy atom. The van der Waals surface area contributed by atoms with E-state index in [0.29, 0.717) is 37.6 Å². The standard InChI is InChI=1S/C23H42O4/c1-3-4-10-19(2)22(25)13-12-20-14-15-23(26-17-18-27-23)21(20)11-8-6-5-7-9-16-24/h12-13,19-22,24-25H,3-11,14-18H2,1-2H3. The molecule has 1 heterocycles. The minimum atomic E-state index is -0.376. The molecule has 2 N–H and O–H groups in total. The summed E-state index contributed by atoms with van der Waals surface area (Å²) in [7, 11) is 0. The Balaban J connectivity index is 1.88. The first-order chi connectivity index (χ1) is 13.1. The molecule has 4 heteroatoms. The smallest absolute Gasteiger partial charge is 0.171 e. The van der Waals surface area contributed by atoms with E-state index in [-0.39, 0.29) is 11.9 Å². The molecular weight excluding hydrogens is 340 g/mol. The predicted molar refractivity (Wildman–Crippen MR) is 109 cm³/mol. The lowest BCUT2D eigenvalue weighted by Crippen LogP contribution is -2.36. The van der Waals surface area contributed by atoms with Gasteiger partial charge in [-0.25, -0.2) is 0 Å². The molecule has 2 aliphatic rings. The largest absolute Gasteiger partial charge is 0.396 e. The summed E-state index contributed by atoms with van der Waals surface area (Å²) >= 11 is 0. The van der Waals surface area contributed by atoms with Crippen molar-refractivity contribution in [3.05, 3.63) is 12.2 Å². The second kappa shape index (κ2) is 12.2. The molecule has 1 aliphatic carbocycles. The van der Waals surface area contributed by atoms with Crippen molar-refractivity contribution >= 4 is 0 Å². The van der Waals surface area contributed by atoms with Crippen molar-refractivity contribution in [1.29, 1.82) is 0 Å². The molecule has 0 amide bonds. The van der Waals surface area contributed by atoms with Gasteiger partial charge in [-0.2, -0.15) is 0 Å². The summed E-state index contributed by atoms with van der Waals surface area (Å²) in [6.07, 6.45) is 16.2. The molecule has 2 rings (SSSR count). The van der Waals surface area contributed by atoms with Gasteiger partial charge in [-0.1, -0.05) is 64.5 Å². The van der Waals surface area contributed by atoms with Crippen molar-refractivity contribution in [2.75, 3.05) is 19.8 Å². The maximum absolute atomic E-state index is 10.5. The molecule has 0 aromatic carbocycles. The zero-order chi connectivity index (χ0) is 19.5. The summed E-state index contributed by atoms with van der Waals surface area (Å²) in [5.74, 6) is 0.778. The number of unbranched alkanes of at least 4 members (excludes halogenated alkanes) is 5. The van der Waals surface area contributed by atoms with E-state index in [4.69, 9.17) is 14.6 Å². The molecule has 0 radical (unpaired) electrons. The second-order valence-electron chi connectivity index (χ2n) is 8.59. The van der Waals surface area contributed by atoms with E-state index in [1.165, 1.54) is 32.1 Å². The number of aliphatic hydroxyl groups excluding tert-OH is 2. The molecule has 158 valence electrons. The quantitative estimate of drug-likeness (QED) is 0.354. The van der Waals surface area contributed by atoms with E-state index in [0.717, 1.165) is 38.5 Å². The lowest BCUT2D eigenvalue weighted by atomic mass is 9.86. The normalized spacial score (nSPS) is 27.0. The van der Waals surface area contributed by atoms with Crippen LogP contribution >= 0.6 is 0 Å². The summed E-state index contributed by atoms with van der Waals surface area (Å²) < 4.78 is 12.2. The van der Waals surface area contributed by atoms with Crippen LogP contribution in [-0.2, 0) is 9.47 Å². The lowest BCUT2D eigenvalue weighted by molar-refractivity contribution is -0.186. The van der Waals surface area contributed by atoms with Crippen LogP contribution < -0.4 is 0 Å². The molecule has 4 atom stereocenters. The Morgan fingerprint density at radius 2 is 1.78 bits per heavy atom. The predicted octanol–water partition coefficient (Wildman–Crippen LogP) is 4.83. The van der Waals surface area contributed by atoms with Crippen molar-refractivity contribution in [3.8, 4) is 0 Å². The Morgan fingerprint density at radius 1 is 1.07 bits per heavy atom. The van der Waals surface area contributed by atoms with Gasteiger partial charge in [0.1, 0.15) is 0 Å². The van der Waals surface area contributed by atoms with Crippen LogP contribution in [0.25, 0.3) is 0 Å². The maximum Gasteiger partial charge on any atom is 0.171 e. The SMILES string of the molecule is CCCCC(C)C(O)C=CC1CCC2(OCCO2)C1CCCCCCCO. The van der Waals surface area contributed by atoms with Gasteiger partial charge in [0, 0.05) is 18.9 Å². The summed E-state index contributed by atoms with van der Waals surface area (Å²) in [5, 5.41) is 19.4. The highest BCUT2D eigenvalue weighted by molar-refractivity contribution is 5.05. The Labute approximate surface area is 166 Å². The Bertz CT molecular complexity index is 417. The zero-order valence-electron chi connectivity index (χ0n) is 17.6. The molecule has 2 fully saturated rings. The highest BCUT2D eigenvalue weighted by atomic mass is 16.7. The number of hydrogen-bond acceptors (Lipinski definition) is 4. The first kappa shape index (κ1) is 22.9. The topological polar surface area (TPSA) is 58.9 Å². The van der Waals surface area contributed by atoms with Crippen molar-refractivity contribution in [1.82, 2.24) is 0 Å². The summed E-state index contributed by atoms with van der Waals surface area (Å²) in [6.45, 7) is 6.07. The van der Waals surface area contributed by atoms with Gasteiger partial charge in [0.05, 0.1) is 19.3 Å². The van der Waals surface area contributed by atoms with E-state index in [1.807, 2.05) is 6.08 Å². The molecular formula is C23H42O4. The third kappa shape index (κ3) is 6.85. The minimum Gasteiger partial charge on any atom is -0.396 e. The van der Waals surface area contributed by atoms with Crippen LogP contribution in [0.3, 0.4) is 0 Å². The van der Waals surface area contributed by atoms with Crippen LogP contribution in [0.15, 0.2) is 12.2 Å². The molecule has 27 heavy (non-hydrogen) atoms. The van der Waals surface area contributed by atoms with Gasteiger partial charge >= 0.3 is 0 Å². The van der Waals surface area contributed by atoms with Gasteiger partial charge in [0.2, 0.25) is 0 Å². The molecule has 1 spiro atoms. The first-order valence-corrected chi connectivity index (χ1v) is 11.4. The fraction of sp³-hybridized carbons (Fsp3) is 0.913. The molecule has 1 aliphatic heterocycles. The Kier molecular flexibility index (Phi) is 10.3. The molecule has 0 bridgehead atoms. The fourth-order valence-electron chi connectivity index (χ4n) is 4.72. The zero-order valence-corrected chi connectivity index (χ0v) is 17.6. The summed E-state index contributed by atoms with van der Waals surface area (Å²) in [6, 6.07) is 0. The second-order valence-corrected chi connectivity index (χ2v) is 8.59. The van der Waals surface area contributed by atoms with E-state index < -0.39 is 0 Å². The van der Waals surface area contributed by atoms with Crippen LogP contribution in [0.2, 0.25) is 0 Å². The van der Waals surface area contributed by atoms with Crippen molar-refractivity contribution < 1.29 is 19.7 Å². The van der Waals surface area contributed by atoms with E-state index in [9.17, 15) is 5.11 Å². The molecule has 1 saturated heterocycles. The molecule has 1 saturated carbocycles. The monoisotopic (exact) mass is 382 g/mol. The van der Waals surface area contributed by atoms with Crippen LogP contribution in [0.4, 0.5) is 0 Å². The van der Waals surface area contributed by atoms with Gasteiger partial charge in [-0.15, -0.1) is 0 Å². The fourth-order valence-corrected chi connectivity index (χ4v) is 4.72. The van der Waals surface area contributed by atoms with E-state index in [1.54, 1.807) is 0 Å². The third-order valence-electron chi connectivity index (χ3n) is 6.51. The highest BCUT2D eigenvalue weighted by Gasteiger charge is 2.51. The number of ether oxygens (including phenoxy) is 2. The Hall–Kier alpha value is -0.420. The van der Waals surface area contributed by atoms with Crippen molar-refractivity contribution in [2.24, 2.45) is 17.8 Å². The van der Waals surface area contributed by atoms with Crippen molar-refractivity contribution in [2.45, 2.75) is 96.4 Å². The van der Waals surface area contributed by atoms with Crippen LogP contribution in [0, 0.1) is 17.8 Å². The van der Waals surface area contributed by atoms with Crippen LogP contribution in [0.5, 0.6) is 0 Å². The van der Waals surface area contributed by atoms with Gasteiger partial charge in [-0.3, -0.25) is 0 Å². The summed E-state index contributed by atoms with van der Waals surface area (Å²) in [5.41, 5.74) is 0. The number of allylic oxidation sites excluding steroid dienone is 1. The average molecular weight is 383 g/mol. The highest BCUT2D eigenvalue weighted by Crippen LogP contribution is 2.48. The molecule has 4 unspecified atom stereocenters. The first-order valence-electron chi connectivity index (χ1n) is 11.4. The average Bonchev–Trinajstić information content (AvgIpc) is 3.28.